The lowest BCUT2D eigenvalue weighted by Gasteiger charge is -2.12. The number of rotatable bonds is 5. The first-order valence-electron chi connectivity index (χ1n) is 6.67. The first kappa shape index (κ1) is 14.3. The van der Waals surface area contributed by atoms with Crippen molar-refractivity contribution in [3.63, 3.8) is 0 Å². The lowest BCUT2D eigenvalue weighted by molar-refractivity contribution is -0.117. The minimum Gasteiger partial charge on any atom is -0.320 e. The third-order valence-electron chi connectivity index (χ3n) is 3.18. The van der Waals surface area contributed by atoms with Crippen LogP contribution in [0.2, 0.25) is 0 Å². The molecule has 0 saturated heterocycles. The molecule has 0 fully saturated rings. The van der Waals surface area contributed by atoms with Crippen LogP contribution in [0.25, 0.3) is 0 Å². The van der Waals surface area contributed by atoms with Crippen LogP contribution in [-0.4, -0.2) is 21.7 Å². The smallest absolute Gasteiger partial charge is 0.242 e. The first-order valence-corrected chi connectivity index (χ1v) is 6.67. The highest BCUT2D eigenvalue weighted by atomic mass is 16.2. The normalized spacial score (nSPS) is 12.2. The minimum atomic E-state index is -0.523. The molecular formula is C15H20N4O. The van der Waals surface area contributed by atoms with Crippen molar-refractivity contribution in [2.75, 3.05) is 5.32 Å². The molecule has 0 spiro atoms. The van der Waals surface area contributed by atoms with Gasteiger partial charge in [0.1, 0.15) is 5.82 Å². The maximum Gasteiger partial charge on any atom is 0.242 e. The fraction of sp³-hybridized carbons (Fsp3) is 0.333. The van der Waals surface area contributed by atoms with Gasteiger partial charge in [-0.3, -0.25) is 9.48 Å². The van der Waals surface area contributed by atoms with E-state index < -0.39 is 6.04 Å². The predicted molar refractivity (Wildman–Crippen MR) is 79.3 cm³/mol. The number of anilines is 1. The van der Waals surface area contributed by atoms with E-state index in [0.29, 0.717) is 12.2 Å². The van der Waals surface area contributed by atoms with E-state index in [0.717, 1.165) is 12.1 Å². The summed E-state index contributed by atoms with van der Waals surface area (Å²) in [5, 5.41) is 6.98. The number of nitrogens with two attached hydrogens (primary N) is 1. The van der Waals surface area contributed by atoms with Crippen molar-refractivity contribution in [3.05, 3.63) is 47.7 Å². The Hall–Kier alpha value is -2.14. The van der Waals surface area contributed by atoms with Gasteiger partial charge in [-0.15, -0.1) is 0 Å². The molecule has 1 atom stereocenters. The molecule has 5 heteroatoms. The van der Waals surface area contributed by atoms with Crippen molar-refractivity contribution in [3.8, 4) is 0 Å². The van der Waals surface area contributed by atoms with E-state index in [2.05, 4.69) is 10.4 Å². The summed E-state index contributed by atoms with van der Waals surface area (Å²) in [5.74, 6) is 0.492. The number of carbonyl (C=O) groups is 1. The van der Waals surface area contributed by atoms with Gasteiger partial charge in [0.25, 0.3) is 0 Å². The minimum absolute atomic E-state index is 0.177. The van der Waals surface area contributed by atoms with Crippen molar-refractivity contribution < 1.29 is 4.79 Å². The summed E-state index contributed by atoms with van der Waals surface area (Å²) in [7, 11) is 1.79. The molecule has 2 aromatic rings. The zero-order chi connectivity index (χ0) is 14.5. The van der Waals surface area contributed by atoms with Crippen LogP contribution >= 0.6 is 0 Å². The molecule has 5 nitrogen and oxygen atoms in total. The summed E-state index contributed by atoms with van der Waals surface area (Å²) in [4.78, 5) is 12.0. The zero-order valence-electron chi connectivity index (χ0n) is 11.8. The van der Waals surface area contributed by atoms with Gasteiger partial charge in [-0.25, -0.2) is 0 Å². The molecule has 0 aliphatic carbocycles. The van der Waals surface area contributed by atoms with Gasteiger partial charge in [0, 0.05) is 13.1 Å². The van der Waals surface area contributed by atoms with Crippen LogP contribution in [-0.2, 0) is 18.3 Å². The highest BCUT2D eigenvalue weighted by Gasteiger charge is 2.15. The molecule has 1 aromatic heterocycles. The lowest BCUT2D eigenvalue weighted by Crippen LogP contribution is -2.36. The number of hydrogen-bond acceptors (Lipinski definition) is 3. The monoisotopic (exact) mass is 272 g/mol. The van der Waals surface area contributed by atoms with Crippen LogP contribution in [0, 0.1) is 6.92 Å². The maximum absolute atomic E-state index is 12.0. The number of aromatic nitrogens is 2. The molecule has 0 saturated carbocycles. The summed E-state index contributed by atoms with van der Waals surface area (Å²) < 4.78 is 1.64. The summed E-state index contributed by atoms with van der Waals surface area (Å²) >= 11 is 0. The van der Waals surface area contributed by atoms with Gasteiger partial charge in [-0.1, -0.05) is 30.3 Å². The summed E-state index contributed by atoms with van der Waals surface area (Å²) in [6, 6.07) is 11.3. The molecular weight excluding hydrogens is 252 g/mol. The van der Waals surface area contributed by atoms with Gasteiger partial charge in [0.05, 0.1) is 11.7 Å². The fourth-order valence-electron chi connectivity index (χ4n) is 2.04. The number of aryl methyl sites for hydroxylation is 3. The summed E-state index contributed by atoms with van der Waals surface area (Å²) in [6.45, 7) is 1.88. The summed E-state index contributed by atoms with van der Waals surface area (Å²) in [6.07, 6.45) is 1.41. The number of nitrogens with one attached hydrogen (secondary N) is 1. The molecule has 0 aliphatic heterocycles. The Balaban J connectivity index is 1.87. The lowest BCUT2D eigenvalue weighted by atomic mass is 10.1. The second-order valence-corrected chi connectivity index (χ2v) is 4.91. The standard InChI is InChI=1S/C15H20N4O/c1-11-10-14(19(2)18-11)17-15(20)13(16)9-8-12-6-4-3-5-7-12/h3-7,10,13H,8-9,16H2,1-2H3,(H,17,20). The molecule has 106 valence electrons. The van der Waals surface area contributed by atoms with Crippen molar-refractivity contribution in [2.24, 2.45) is 12.8 Å². The number of amides is 1. The van der Waals surface area contributed by atoms with E-state index >= 15 is 0 Å². The number of hydrogen-bond donors (Lipinski definition) is 2. The maximum atomic E-state index is 12.0. The first-order chi connectivity index (χ1) is 9.56. The van der Waals surface area contributed by atoms with Gasteiger partial charge in [-0.05, 0) is 25.3 Å². The second kappa shape index (κ2) is 6.34. The topological polar surface area (TPSA) is 72.9 Å². The fourth-order valence-corrected chi connectivity index (χ4v) is 2.04. The highest BCUT2D eigenvalue weighted by molar-refractivity contribution is 5.93. The molecule has 1 heterocycles. The highest BCUT2D eigenvalue weighted by Crippen LogP contribution is 2.10. The Morgan fingerprint density at radius 3 is 2.70 bits per heavy atom. The Bertz CT molecular complexity index is 577. The molecule has 1 unspecified atom stereocenters. The molecule has 1 aromatic carbocycles. The van der Waals surface area contributed by atoms with E-state index in [9.17, 15) is 4.79 Å². The van der Waals surface area contributed by atoms with E-state index in [1.54, 1.807) is 11.7 Å². The quantitative estimate of drug-likeness (QED) is 0.869. The van der Waals surface area contributed by atoms with Gasteiger partial charge < -0.3 is 11.1 Å². The summed E-state index contributed by atoms with van der Waals surface area (Å²) in [5.41, 5.74) is 7.98. The number of carbonyl (C=O) groups excluding carboxylic acids is 1. The third kappa shape index (κ3) is 3.68. The van der Waals surface area contributed by atoms with E-state index in [1.807, 2.05) is 43.3 Å². The van der Waals surface area contributed by atoms with Crippen LogP contribution in [0.1, 0.15) is 17.7 Å². The van der Waals surface area contributed by atoms with Gasteiger partial charge >= 0.3 is 0 Å². The van der Waals surface area contributed by atoms with Crippen molar-refractivity contribution in [1.82, 2.24) is 9.78 Å². The largest absolute Gasteiger partial charge is 0.320 e. The molecule has 20 heavy (non-hydrogen) atoms. The van der Waals surface area contributed by atoms with E-state index in [-0.39, 0.29) is 5.91 Å². The second-order valence-electron chi connectivity index (χ2n) is 4.91. The van der Waals surface area contributed by atoms with E-state index in [4.69, 9.17) is 5.73 Å². The van der Waals surface area contributed by atoms with Gasteiger partial charge in [-0.2, -0.15) is 5.10 Å². The van der Waals surface area contributed by atoms with Crippen LogP contribution in [0.4, 0.5) is 5.82 Å². The average Bonchev–Trinajstić information content (AvgIpc) is 2.75. The SMILES string of the molecule is Cc1cc(NC(=O)C(N)CCc2ccccc2)n(C)n1. The zero-order valence-corrected chi connectivity index (χ0v) is 11.8. The van der Waals surface area contributed by atoms with Crippen molar-refractivity contribution in [2.45, 2.75) is 25.8 Å². The number of nitrogens with zero attached hydrogens (tertiary/aromatic N) is 2. The average molecular weight is 272 g/mol. The van der Waals surface area contributed by atoms with E-state index in [1.165, 1.54) is 5.56 Å². The van der Waals surface area contributed by atoms with Crippen LogP contribution < -0.4 is 11.1 Å². The Kier molecular flexibility index (Phi) is 4.53. The third-order valence-corrected chi connectivity index (χ3v) is 3.18. The molecule has 0 bridgehead atoms. The van der Waals surface area contributed by atoms with Crippen molar-refractivity contribution >= 4 is 11.7 Å². The van der Waals surface area contributed by atoms with Crippen LogP contribution in [0.5, 0.6) is 0 Å². The Morgan fingerprint density at radius 2 is 2.10 bits per heavy atom. The molecule has 2 rings (SSSR count). The number of benzene rings is 1. The van der Waals surface area contributed by atoms with Crippen LogP contribution in [0.15, 0.2) is 36.4 Å². The van der Waals surface area contributed by atoms with Crippen molar-refractivity contribution in [1.29, 1.82) is 0 Å². The molecule has 0 aliphatic rings. The molecule has 1 amide bonds. The van der Waals surface area contributed by atoms with Gasteiger partial charge in [0.15, 0.2) is 0 Å². The predicted octanol–water partition coefficient (Wildman–Crippen LogP) is 1.63. The van der Waals surface area contributed by atoms with Crippen LogP contribution in [0.3, 0.4) is 0 Å². The molecule has 0 radical (unpaired) electrons. The Labute approximate surface area is 118 Å². The molecule has 3 N–H and O–H groups in total. The van der Waals surface area contributed by atoms with Gasteiger partial charge in [0.2, 0.25) is 5.91 Å². The Morgan fingerprint density at radius 1 is 1.40 bits per heavy atom.